The van der Waals surface area contributed by atoms with Gasteiger partial charge in [-0.2, -0.15) is 0 Å². The summed E-state index contributed by atoms with van der Waals surface area (Å²) in [6, 6.07) is 13.7. The molecule has 2 aromatic carbocycles. The number of hydrogen-bond donors (Lipinski definition) is 1. The molecule has 0 spiro atoms. The van der Waals surface area contributed by atoms with Gasteiger partial charge in [-0.1, -0.05) is 55.5 Å². The first kappa shape index (κ1) is 19.0. The Kier molecular flexibility index (Phi) is 7.52. The molecule has 3 nitrogen and oxygen atoms in total. The summed E-state index contributed by atoms with van der Waals surface area (Å²) in [4.78, 5) is 12.3. The molecular formula is C22H29NO2. The van der Waals surface area contributed by atoms with Crippen molar-refractivity contribution < 1.29 is 9.53 Å². The zero-order valence-electron chi connectivity index (χ0n) is 15.6. The second-order valence-electron chi connectivity index (χ2n) is 6.61. The SMILES string of the molecule is CCCCCCOc1ccc(C(=O)NCc2cc(C)cc(C)c2)cc1. The minimum atomic E-state index is -0.0614. The largest absolute Gasteiger partial charge is 0.494 e. The molecule has 0 fully saturated rings. The third-order valence-corrected chi connectivity index (χ3v) is 4.12. The molecule has 0 aliphatic heterocycles. The Balaban J connectivity index is 1.81. The van der Waals surface area contributed by atoms with E-state index in [0.29, 0.717) is 12.1 Å². The fourth-order valence-electron chi connectivity index (χ4n) is 2.88. The van der Waals surface area contributed by atoms with Crippen LogP contribution in [0.4, 0.5) is 0 Å². The zero-order chi connectivity index (χ0) is 18.1. The number of unbranched alkanes of at least 4 members (excludes halogenated alkanes) is 3. The van der Waals surface area contributed by atoms with Crippen LogP contribution in [0.15, 0.2) is 42.5 Å². The number of ether oxygens (including phenoxy) is 1. The number of aryl methyl sites for hydroxylation is 2. The van der Waals surface area contributed by atoms with Gasteiger partial charge in [0, 0.05) is 12.1 Å². The summed E-state index contributed by atoms with van der Waals surface area (Å²) < 4.78 is 5.71. The van der Waals surface area contributed by atoms with E-state index < -0.39 is 0 Å². The molecule has 0 radical (unpaired) electrons. The van der Waals surface area contributed by atoms with E-state index in [1.165, 1.54) is 30.4 Å². The van der Waals surface area contributed by atoms with Crippen LogP contribution in [0.5, 0.6) is 5.75 Å². The summed E-state index contributed by atoms with van der Waals surface area (Å²) in [5.74, 6) is 0.760. The fraction of sp³-hybridized carbons (Fsp3) is 0.409. The lowest BCUT2D eigenvalue weighted by Crippen LogP contribution is -2.22. The predicted octanol–water partition coefficient (Wildman–Crippen LogP) is 5.19. The van der Waals surface area contributed by atoms with E-state index in [0.717, 1.165) is 24.3 Å². The van der Waals surface area contributed by atoms with Crippen LogP contribution in [0, 0.1) is 13.8 Å². The molecule has 0 unspecified atom stereocenters. The molecule has 2 aromatic rings. The maximum absolute atomic E-state index is 12.3. The van der Waals surface area contributed by atoms with Crippen molar-refractivity contribution in [2.24, 2.45) is 0 Å². The van der Waals surface area contributed by atoms with E-state index in [4.69, 9.17) is 4.74 Å². The van der Waals surface area contributed by atoms with Crippen molar-refractivity contribution in [2.45, 2.75) is 53.0 Å². The van der Waals surface area contributed by atoms with E-state index in [1.807, 2.05) is 24.3 Å². The molecule has 0 bridgehead atoms. The monoisotopic (exact) mass is 339 g/mol. The third kappa shape index (κ3) is 6.61. The Labute approximate surface area is 151 Å². The Hall–Kier alpha value is -2.29. The minimum Gasteiger partial charge on any atom is -0.494 e. The van der Waals surface area contributed by atoms with Crippen molar-refractivity contribution in [3.05, 3.63) is 64.7 Å². The molecule has 0 atom stereocenters. The van der Waals surface area contributed by atoms with Gasteiger partial charge in [0.25, 0.3) is 5.91 Å². The van der Waals surface area contributed by atoms with Crippen LogP contribution in [0.1, 0.15) is 59.7 Å². The zero-order valence-corrected chi connectivity index (χ0v) is 15.6. The number of rotatable bonds is 9. The molecule has 0 aromatic heterocycles. The number of carbonyl (C=O) groups is 1. The van der Waals surface area contributed by atoms with Gasteiger partial charge in [0.1, 0.15) is 5.75 Å². The second-order valence-corrected chi connectivity index (χ2v) is 6.61. The maximum atomic E-state index is 12.3. The normalized spacial score (nSPS) is 10.5. The van der Waals surface area contributed by atoms with Crippen LogP contribution in [0.3, 0.4) is 0 Å². The highest BCUT2D eigenvalue weighted by Gasteiger charge is 2.06. The molecule has 1 amide bonds. The number of benzene rings is 2. The molecule has 0 saturated heterocycles. The van der Waals surface area contributed by atoms with Crippen molar-refractivity contribution in [1.82, 2.24) is 5.32 Å². The Morgan fingerprint density at radius 1 is 0.960 bits per heavy atom. The molecule has 0 heterocycles. The molecule has 3 heteroatoms. The third-order valence-electron chi connectivity index (χ3n) is 4.12. The molecule has 2 rings (SSSR count). The number of carbonyl (C=O) groups excluding carboxylic acids is 1. The maximum Gasteiger partial charge on any atom is 0.251 e. The van der Waals surface area contributed by atoms with E-state index in [9.17, 15) is 4.79 Å². The van der Waals surface area contributed by atoms with Crippen molar-refractivity contribution in [1.29, 1.82) is 0 Å². The van der Waals surface area contributed by atoms with E-state index in [2.05, 4.69) is 44.3 Å². The molecule has 0 aliphatic rings. The first-order valence-electron chi connectivity index (χ1n) is 9.16. The van der Waals surface area contributed by atoms with Gasteiger partial charge in [-0.3, -0.25) is 4.79 Å². The van der Waals surface area contributed by atoms with Crippen molar-refractivity contribution in [3.8, 4) is 5.75 Å². The Morgan fingerprint density at radius 3 is 2.28 bits per heavy atom. The minimum absolute atomic E-state index is 0.0614. The second kappa shape index (κ2) is 9.87. The molecule has 1 N–H and O–H groups in total. The summed E-state index contributed by atoms with van der Waals surface area (Å²) in [7, 11) is 0. The van der Waals surface area contributed by atoms with E-state index in [1.54, 1.807) is 0 Å². The highest BCUT2D eigenvalue weighted by atomic mass is 16.5. The lowest BCUT2D eigenvalue weighted by molar-refractivity contribution is 0.0951. The van der Waals surface area contributed by atoms with Crippen LogP contribution in [0.2, 0.25) is 0 Å². The molecule has 25 heavy (non-hydrogen) atoms. The first-order valence-corrected chi connectivity index (χ1v) is 9.16. The lowest BCUT2D eigenvalue weighted by atomic mass is 10.1. The van der Waals surface area contributed by atoms with Crippen LogP contribution < -0.4 is 10.1 Å². The summed E-state index contributed by atoms with van der Waals surface area (Å²) in [5.41, 5.74) is 4.20. The van der Waals surface area contributed by atoms with Crippen LogP contribution in [-0.4, -0.2) is 12.5 Å². The average molecular weight is 339 g/mol. The van der Waals surface area contributed by atoms with Gasteiger partial charge in [-0.05, 0) is 50.1 Å². The summed E-state index contributed by atoms with van der Waals surface area (Å²) in [5, 5.41) is 2.98. The van der Waals surface area contributed by atoms with Crippen molar-refractivity contribution in [3.63, 3.8) is 0 Å². The highest BCUT2D eigenvalue weighted by Crippen LogP contribution is 2.14. The van der Waals surface area contributed by atoms with Gasteiger partial charge in [-0.15, -0.1) is 0 Å². The smallest absolute Gasteiger partial charge is 0.251 e. The molecule has 0 saturated carbocycles. The standard InChI is InChI=1S/C22H29NO2/c1-4-5-6-7-12-25-21-10-8-20(9-11-21)22(24)23-16-19-14-17(2)13-18(3)15-19/h8-11,13-15H,4-7,12,16H2,1-3H3,(H,23,24). The van der Waals surface area contributed by atoms with Gasteiger partial charge < -0.3 is 10.1 Å². The van der Waals surface area contributed by atoms with Gasteiger partial charge in [-0.25, -0.2) is 0 Å². The number of amides is 1. The Morgan fingerprint density at radius 2 is 1.64 bits per heavy atom. The summed E-state index contributed by atoms with van der Waals surface area (Å²) in [6.07, 6.45) is 4.76. The topological polar surface area (TPSA) is 38.3 Å². The van der Waals surface area contributed by atoms with Gasteiger partial charge in [0.05, 0.1) is 6.61 Å². The number of nitrogens with one attached hydrogen (secondary N) is 1. The quantitative estimate of drug-likeness (QED) is 0.638. The van der Waals surface area contributed by atoms with Crippen molar-refractivity contribution in [2.75, 3.05) is 6.61 Å². The summed E-state index contributed by atoms with van der Waals surface area (Å²) in [6.45, 7) is 7.61. The van der Waals surface area contributed by atoms with E-state index >= 15 is 0 Å². The van der Waals surface area contributed by atoms with Gasteiger partial charge in [0.2, 0.25) is 0 Å². The van der Waals surface area contributed by atoms with Crippen LogP contribution in [0.25, 0.3) is 0 Å². The molecule has 134 valence electrons. The average Bonchev–Trinajstić information content (AvgIpc) is 2.59. The van der Waals surface area contributed by atoms with Crippen LogP contribution in [-0.2, 0) is 6.54 Å². The van der Waals surface area contributed by atoms with E-state index in [-0.39, 0.29) is 5.91 Å². The van der Waals surface area contributed by atoms with Crippen molar-refractivity contribution >= 4 is 5.91 Å². The summed E-state index contributed by atoms with van der Waals surface area (Å²) >= 11 is 0. The molecular weight excluding hydrogens is 310 g/mol. The molecule has 0 aliphatic carbocycles. The van der Waals surface area contributed by atoms with Crippen LogP contribution >= 0.6 is 0 Å². The fourth-order valence-corrected chi connectivity index (χ4v) is 2.88. The lowest BCUT2D eigenvalue weighted by Gasteiger charge is -2.09. The Bertz CT molecular complexity index is 657. The van der Waals surface area contributed by atoms with Gasteiger partial charge >= 0.3 is 0 Å². The van der Waals surface area contributed by atoms with Gasteiger partial charge in [0.15, 0.2) is 0 Å². The first-order chi connectivity index (χ1) is 12.1. The predicted molar refractivity (Wildman–Crippen MR) is 103 cm³/mol. The highest BCUT2D eigenvalue weighted by molar-refractivity contribution is 5.94. The number of hydrogen-bond acceptors (Lipinski definition) is 2.